The third-order valence-electron chi connectivity index (χ3n) is 1.99. The number of nitrogens with zero attached hydrogens (tertiary/aromatic N) is 1. The van der Waals surface area contributed by atoms with E-state index in [9.17, 15) is 10.2 Å². The van der Waals surface area contributed by atoms with Crippen molar-refractivity contribution in [3.05, 3.63) is 35.4 Å². The molecule has 4 N–H and O–H groups in total. The predicted octanol–water partition coefficient (Wildman–Crippen LogP) is -0.0887. The van der Waals surface area contributed by atoms with Crippen molar-refractivity contribution in [2.24, 2.45) is 5.73 Å². The number of aliphatic hydroxyl groups excluding tert-OH is 2. The van der Waals surface area contributed by atoms with Crippen molar-refractivity contribution in [2.45, 2.75) is 12.2 Å². The number of nitriles is 1. The van der Waals surface area contributed by atoms with Crippen molar-refractivity contribution in [1.82, 2.24) is 0 Å². The van der Waals surface area contributed by atoms with E-state index in [2.05, 4.69) is 0 Å². The number of aliphatic hydroxyl groups is 2. The average molecular weight is 192 g/mol. The normalized spacial score (nSPS) is 14.4. The molecule has 4 nitrogen and oxygen atoms in total. The van der Waals surface area contributed by atoms with Crippen LogP contribution in [0.2, 0.25) is 0 Å². The van der Waals surface area contributed by atoms with Crippen LogP contribution in [0.15, 0.2) is 24.3 Å². The number of hydrogen-bond acceptors (Lipinski definition) is 4. The minimum absolute atomic E-state index is 0.00116. The first-order chi connectivity index (χ1) is 6.69. The molecule has 4 heteroatoms. The van der Waals surface area contributed by atoms with E-state index in [0.29, 0.717) is 11.1 Å². The highest BCUT2D eigenvalue weighted by Gasteiger charge is 2.16. The van der Waals surface area contributed by atoms with E-state index < -0.39 is 12.2 Å². The topological polar surface area (TPSA) is 90.3 Å². The van der Waals surface area contributed by atoms with Crippen LogP contribution in [-0.2, 0) is 0 Å². The standard InChI is InChI=1S/C10H12N2O2/c11-5-7-1-3-8(4-2-7)10(14)9(13)6-12/h1-4,9-10,13-14H,6,12H2. The molecule has 0 saturated heterocycles. The first-order valence-electron chi connectivity index (χ1n) is 4.25. The molecule has 0 spiro atoms. The fourth-order valence-electron chi connectivity index (χ4n) is 1.11. The predicted molar refractivity (Wildman–Crippen MR) is 51.2 cm³/mol. The Morgan fingerprint density at radius 3 is 2.29 bits per heavy atom. The number of hydrogen-bond donors (Lipinski definition) is 3. The van der Waals surface area contributed by atoms with E-state index in [-0.39, 0.29) is 6.54 Å². The maximum Gasteiger partial charge on any atom is 0.106 e. The van der Waals surface area contributed by atoms with Crippen LogP contribution >= 0.6 is 0 Å². The lowest BCUT2D eigenvalue weighted by atomic mass is 10.0. The molecule has 0 amide bonds. The van der Waals surface area contributed by atoms with Gasteiger partial charge in [-0.1, -0.05) is 12.1 Å². The van der Waals surface area contributed by atoms with Gasteiger partial charge in [0.15, 0.2) is 0 Å². The summed E-state index contributed by atoms with van der Waals surface area (Å²) in [5, 5.41) is 27.3. The Balaban J connectivity index is 2.82. The van der Waals surface area contributed by atoms with Crippen LogP contribution in [0, 0.1) is 11.3 Å². The molecule has 0 radical (unpaired) electrons. The molecule has 2 atom stereocenters. The van der Waals surface area contributed by atoms with Crippen LogP contribution in [0.1, 0.15) is 17.2 Å². The molecule has 14 heavy (non-hydrogen) atoms. The molecule has 74 valence electrons. The van der Waals surface area contributed by atoms with Gasteiger partial charge in [0.1, 0.15) is 6.10 Å². The zero-order valence-corrected chi connectivity index (χ0v) is 7.59. The molecule has 0 aliphatic heterocycles. The minimum atomic E-state index is -0.993. The van der Waals surface area contributed by atoms with Crippen LogP contribution < -0.4 is 5.73 Å². The molecular formula is C10H12N2O2. The van der Waals surface area contributed by atoms with Crippen molar-refractivity contribution < 1.29 is 10.2 Å². The largest absolute Gasteiger partial charge is 0.389 e. The maximum absolute atomic E-state index is 9.54. The Bertz CT molecular complexity index is 329. The van der Waals surface area contributed by atoms with Gasteiger partial charge in [0.25, 0.3) is 0 Å². The van der Waals surface area contributed by atoms with Gasteiger partial charge in [-0.15, -0.1) is 0 Å². The summed E-state index contributed by atoms with van der Waals surface area (Å²) in [6.07, 6.45) is -1.96. The van der Waals surface area contributed by atoms with E-state index in [1.54, 1.807) is 24.3 Å². The fraction of sp³-hybridized carbons (Fsp3) is 0.300. The monoisotopic (exact) mass is 192 g/mol. The summed E-state index contributed by atoms with van der Waals surface area (Å²) in [6.45, 7) is 0.00116. The maximum atomic E-state index is 9.54. The van der Waals surface area contributed by atoms with Gasteiger partial charge in [0.2, 0.25) is 0 Å². The van der Waals surface area contributed by atoms with Gasteiger partial charge >= 0.3 is 0 Å². The first-order valence-corrected chi connectivity index (χ1v) is 4.25. The van der Waals surface area contributed by atoms with Crippen molar-refractivity contribution in [3.63, 3.8) is 0 Å². The molecule has 2 unspecified atom stereocenters. The highest BCUT2D eigenvalue weighted by Crippen LogP contribution is 2.16. The molecule has 0 aromatic heterocycles. The number of nitrogens with two attached hydrogens (primary N) is 1. The highest BCUT2D eigenvalue weighted by atomic mass is 16.3. The van der Waals surface area contributed by atoms with Crippen LogP contribution in [0.3, 0.4) is 0 Å². The average Bonchev–Trinajstić information content (AvgIpc) is 2.27. The zero-order valence-electron chi connectivity index (χ0n) is 7.59. The summed E-state index contributed by atoms with van der Waals surface area (Å²) in [7, 11) is 0. The van der Waals surface area contributed by atoms with E-state index in [4.69, 9.17) is 11.0 Å². The van der Waals surface area contributed by atoms with Crippen molar-refractivity contribution in [2.75, 3.05) is 6.54 Å². The molecule has 1 rings (SSSR count). The Morgan fingerprint density at radius 1 is 1.29 bits per heavy atom. The first kappa shape index (κ1) is 10.7. The molecule has 0 aliphatic carbocycles. The molecular weight excluding hydrogens is 180 g/mol. The Morgan fingerprint density at radius 2 is 1.86 bits per heavy atom. The Hall–Kier alpha value is -1.41. The second kappa shape index (κ2) is 4.72. The van der Waals surface area contributed by atoms with E-state index >= 15 is 0 Å². The lowest BCUT2D eigenvalue weighted by Crippen LogP contribution is -2.27. The molecule has 0 heterocycles. The van der Waals surface area contributed by atoms with Crippen LogP contribution in [0.25, 0.3) is 0 Å². The van der Waals surface area contributed by atoms with Gasteiger partial charge in [-0.25, -0.2) is 0 Å². The number of benzene rings is 1. The summed E-state index contributed by atoms with van der Waals surface area (Å²) < 4.78 is 0. The fourth-order valence-corrected chi connectivity index (χ4v) is 1.11. The van der Waals surface area contributed by atoms with Gasteiger partial charge in [-0.2, -0.15) is 5.26 Å². The third-order valence-corrected chi connectivity index (χ3v) is 1.99. The van der Waals surface area contributed by atoms with Crippen molar-refractivity contribution in [1.29, 1.82) is 5.26 Å². The van der Waals surface area contributed by atoms with Gasteiger partial charge in [-0.05, 0) is 17.7 Å². The smallest absolute Gasteiger partial charge is 0.106 e. The van der Waals surface area contributed by atoms with Crippen molar-refractivity contribution >= 4 is 0 Å². The minimum Gasteiger partial charge on any atom is -0.389 e. The second-order valence-electron chi connectivity index (χ2n) is 2.98. The molecule has 0 saturated carbocycles. The number of rotatable bonds is 3. The lowest BCUT2D eigenvalue weighted by Gasteiger charge is -2.15. The van der Waals surface area contributed by atoms with Gasteiger partial charge in [-0.3, -0.25) is 0 Å². The summed E-state index contributed by atoms with van der Waals surface area (Å²) in [5.41, 5.74) is 6.28. The summed E-state index contributed by atoms with van der Waals surface area (Å²) >= 11 is 0. The Labute approximate surface area is 82.2 Å². The third kappa shape index (κ3) is 2.30. The lowest BCUT2D eigenvalue weighted by molar-refractivity contribution is 0.0243. The van der Waals surface area contributed by atoms with Gasteiger partial charge in [0.05, 0.1) is 17.7 Å². The summed E-state index contributed by atoms with van der Waals surface area (Å²) in [5.74, 6) is 0. The SMILES string of the molecule is N#Cc1ccc(C(O)C(O)CN)cc1. The van der Waals surface area contributed by atoms with E-state index in [0.717, 1.165) is 0 Å². The van der Waals surface area contributed by atoms with Crippen molar-refractivity contribution in [3.8, 4) is 6.07 Å². The second-order valence-corrected chi connectivity index (χ2v) is 2.98. The molecule has 1 aromatic rings. The van der Waals surface area contributed by atoms with E-state index in [1.165, 1.54) is 0 Å². The Kier molecular flexibility index (Phi) is 3.60. The molecule has 0 aliphatic rings. The molecule has 1 aromatic carbocycles. The highest BCUT2D eigenvalue weighted by molar-refractivity contribution is 5.32. The molecule has 0 fully saturated rings. The van der Waals surface area contributed by atoms with Crippen LogP contribution in [-0.4, -0.2) is 22.9 Å². The van der Waals surface area contributed by atoms with Crippen LogP contribution in [0.4, 0.5) is 0 Å². The summed E-state index contributed by atoms with van der Waals surface area (Å²) in [4.78, 5) is 0. The zero-order chi connectivity index (χ0) is 10.6. The molecule has 0 bridgehead atoms. The summed E-state index contributed by atoms with van der Waals surface area (Å²) in [6, 6.07) is 8.34. The van der Waals surface area contributed by atoms with Gasteiger partial charge in [0, 0.05) is 6.54 Å². The quantitative estimate of drug-likeness (QED) is 0.624. The van der Waals surface area contributed by atoms with Gasteiger partial charge < -0.3 is 15.9 Å². The van der Waals surface area contributed by atoms with E-state index in [1.807, 2.05) is 6.07 Å². The van der Waals surface area contributed by atoms with Crippen LogP contribution in [0.5, 0.6) is 0 Å².